The molecule has 0 aliphatic heterocycles. The highest BCUT2D eigenvalue weighted by Crippen LogP contribution is 2.32. The van der Waals surface area contributed by atoms with Gasteiger partial charge in [-0.3, -0.25) is 0 Å². The standard InChI is InChI=1S/C10H9NO2S/c1-11-5-7-6(9(12)10(11)13)3-2-4-8(7)14/h2-5H,1H3,(H2,12,13,14)/p+1. The molecule has 0 unspecified atom stereocenters. The van der Waals surface area contributed by atoms with Gasteiger partial charge in [-0.25, -0.2) is 0 Å². The normalized spacial score (nSPS) is 10.7. The fraction of sp³-hybridized carbons (Fsp3) is 0.100. The van der Waals surface area contributed by atoms with Crippen LogP contribution in [-0.2, 0) is 7.05 Å². The van der Waals surface area contributed by atoms with Crippen molar-refractivity contribution in [3.63, 3.8) is 0 Å². The monoisotopic (exact) mass is 208 g/mol. The van der Waals surface area contributed by atoms with Crippen LogP contribution in [0.3, 0.4) is 0 Å². The van der Waals surface area contributed by atoms with Crippen LogP contribution in [0.1, 0.15) is 0 Å². The zero-order valence-corrected chi connectivity index (χ0v) is 8.49. The molecule has 1 aromatic carbocycles. The molecule has 0 aliphatic carbocycles. The van der Waals surface area contributed by atoms with Gasteiger partial charge in [-0.2, -0.15) is 4.57 Å². The average molecular weight is 208 g/mol. The zero-order valence-electron chi connectivity index (χ0n) is 7.60. The topological polar surface area (TPSA) is 44.3 Å². The van der Waals surface area contributed by atoms with E-state index in [1.165, 1.54) is 4.57 Å². The van der Waals surface area contributed by atoms with Gasteiger partial charge in [0.25, 0.3) is 0 Å². The van der Waals surface area contributed by atoms with Crippen molar-refractivity contribution >= 4 is 23.4 Å². The SMILES string of the molecule is C[n+]1cc2c(S)cccc2c(O)c1O. The summed E-state index contributed by atoms with van der Waals surface area (Å²) in [6, 6.07) is 5.36. The van der Waals surface area contributed by atoms with Gasteiger partial charge in [0.2, 0.25) is 5.75 Å². The number of pyridine rings is 1. The molecule has 1 heterocycles. The van der Waals surface area contributed by atoms with Crippen LogP contribution >= 0.6 is 12.6 Å². The molecular weight excluding hydrogens is 198 g/mol. The molecule has 2 N–H and O–H groups in total. The first-order valence-corrected chi connectivity index (χ1v) is 4.58. The molecule has 0 aliphatic rings. The van der Waals surface area contributed by atoms with Gasteiger partial charge in [0.1, 0.15) is 7.05 Å². The largest absolute Gasteiger partial charge is 0.499 e. The molecule has 0 spiro atoms. The van der Waals surface area contributed by atoms with Crippen LogP contribution < -0.4 is 4.57 Å². The molecule has 0 saturated carbocycles. The number of fused-ring (bicyclic) bond motifs is 1. The molecule has 72 valence electrons. The zero-order chi connectivity index (χ0) is 10.3. The highest BCUT2D eigenvalue weighted by Gasteiger charge is 2.16. The number of aromatic hydroxyl groups is 2. The molecule has 4 heteroatoms. The van der Waals surface area contributed by atoms with Crippen LogP contribution in [0, 0.1) is 0 Å². The molecule has 0 radical (unpaired) electrons. The minimum atomic E-state index is -0.142. The summed E-state index contributed by atoms with van der Waals surface area (Å²) in [6.07, 6.45) is 1.73. The lowest BCUT2D eigenvalue weighted by Crippen LogP contribution is -2.27. The molecule has 0 atom stereocenters. The van der Waals surface area contributed by atoms with Crippen molar-refractivity contribution in [2.45, 2.75) is 4.90 Å². The Labute approximate surface area is 86.7 Å². The van der Waals surface area contributed by atoms with Crippen molar-refractivity contribution in [2.75, 3.05) is 0 Å². The summed E-state index contributed by atoms with van der Waals surface area (Å²) in [4.78, 5) is 0.772. The number of hydrogen-bond acceptors (Lipinski definition) is 3. The Balaban J connectivity index is 2.98. The third-order valence-corrected chi connectivity index (χ3v) is 2.60. The molecule has 2 aromatic rings. The van der Waals surface area contributed by atoms with E-state index in [1.54, 1.807) is 25.4 Å². The Morgan fingerprint density at radius 2 is 1.93 bits per heavy atom. The third-order valence-electron chi connectivity index (χ3n) is 2.21. The van der Waals surface area contributed by atoms with E-state index in [-0.39, 0.29) is 11.6 Å². The summed E-state index contributed by atoms with van der Waals surface area (Å²) >= 11 is 4.27. The van der Waals surface area contributed by atoms with Gasteiger partial charge in [-0.15, -0.1) is 12.6 Å². The fourth-order valence-electron chi connectivity index (χ4n) is 1.44. The number of aryl methyl sites for hydroxylation is 1. The summed E-state index contributed by atoms with van der Waals surface area (Å²) in [6.45, 7) is 0. The first kappa shape index (κ1) is 9.15. The van der Waals surface area contributed by atoms with E-state index >= 15 is 0 Å². The molecular formula is C10H10NO2S+. The Kier molecular flexibility index (Phi) is 2.00. The molecule has 3 nitrogen and oxygen atoms in total. The number of nitrogens with zero attached hydrogens (tertiary/aromatic N) is 1. The van der Waals surface area contributed by atoms with Crippen LogP contribution in [0.5, 0.6) is 11.6 Å². The molecule has 2 rings (SSSR count). The summed E-state index contributed by atoms with van der Waals surface area (Å²) in [5.41, 5.74) is 0. The molecule has 0 saturated heterocycles. The van der Waals surface area contributed by atoms with Crippen LogP contribution in [0.4, 0.5) is 0 Å². The van der Waals surface area contributed by atoms with Crippen molar-refractivity contribution in [1.29, 1.82) is 0 Å². The van der Waals surface area contributed by atoms with Crippen molar-refractivity contribution in [3.05, 3.63) is 24.4 Å². The Bertz CT molecular complexity index is 511. The van der Waals surface area contributed by atoms with Crippen LogP contribution in [0.25, 0.3) is 10.8 Å². The lowest BCUT2D eigenvalue weighted by Gasteiger charge is -2.02. The first-order valence-electron chi connectivity index (χ1n) is 4.13. The van der Waals surface area contributed by atoms with E-state index in [1.807, 2.05) is 6.07 Å². The van der Waals surface area contributed by atoms with Gasteiger partial charge >= 0.3 is 5.88 Å². The maximum absolute atomic E-state index is 9.66. The van der Waals surface area contributed by atoms with Gasteiger partial charge in [0.15, 0.2) is 6.20 Å². The second-order valence-electron chi connectivity index (χ2n) is 3.15. The Morgan fingerprint density at radius 3 is 2.64 bits per heavy atom. The molecule has 14 heavy (non-hydrogen) atoms. The number of benzene rings is 1. The van der Waals surface area contributed by atoms with Gasteiger partial charge in [0.05, 0.1) is 5.39 Å². The van der Waals surface area contributed by atoms with Gasteiger partial charge in [-0.05, 0) is 12.1 Å². The van der Waals surface area contributed by atoms with Gasteiger partial charge in [-0.1, -0.05) is 6.07 Å². The van der Waals surface area contributed by atoms with E-state index in [0.29, 0.717) is 5.39 Å². The van der Waals surface area contributed by atoms with Crippen molar-refractivity contribution in [3.8, 4) is 11.6 Å². The van der Waals surface area contributed by atoms with Crippen molar-refractivity contribution < 1.29 is 14.8 Å². The average Bonchev–Trinajstić information content (AvgIpc) is 2.17. The van der Waals surface area contributed by atoms with Crippen molar-refractivity contribution in [2.24, 2.45) is 7.05 Å². The van der Waals surface area contributed by atoms with E-state index in [9.17, 15) is 10.2 Å². The quantitative estimate of drug-likeness (QED) is 0.452. The highest BCUT2D eigenvalue weighted by molar-refractivity contribution is 7.80. The van der Waals surface area contributed by atoms with Crippen LogP contribution in [-0.4, -0.2) is 10.2 Å². The van der Waals surface area contributed by atoms with Gasteiger partial charge in [0, 0.05) is 10.3 Å². The van der Waals surface area contributed by atoms with Crippen LogP contribution in [0.15, 0.2) is 29.3 Å². The maximum Gasteiger partial charge on any atom is 0.409 e. The molecule has 1 aromatic heterocycles. The van der Waals surface area contributed by atoms with E-state index in [0.717, 1.165) is 10.3 Å². The minimum absolute atomic E-state index is 0.110. The summed E-state index contributed by atoms with van der Waals surface area (Å²) < 4.78 is 1.46. The second-order valence-corrected chi connectivity index (χ2v) is 3.63. The smallest absolute Gasteiger partial charge is 0.409 e. The Hall–Kier alpha value is -1.42. The highest BCUT2D eigenvalue weighted by atomic mass is 32.1. The lowest BCUT2D eigenvalue weighted by atomic mass is 10.1. The number of hydrogen-bond donors (Lipinski definition) is 3. The summed E-state index contributed by atoms with van der Waals surface area (Å²) in [5.74, 6) is -0.252. The van der Waals surface area contributed by atoms with E-state index in [2.05, 4.69) is 12.6 Å². The van der Waals surface area contributed by atoms with E-state index < -0.39 is 0 Å². The summed E-state index contributed by atoms with van der Waals surface area (Å²) in [7, 11) is 1.66. The van der Waals surface area contributed by atoms with Crippen LogP contribution in [0.2, 0.25) is 0 Å². The maximum atomic E-state index is 9.66. The number of aromatic nitrogens is 1. The molecule has 0 amide bonds. The predicted molar refractivity (Wildman–Crippen MR) is 55.7 cm³/mol. The first-order chi connectivity index (χ1) is 6.61. The molecule has 0 bridgehead atoms. The lowest BCUT2D eigenvalue weighted by molar-refractivity contribution is -0.676. The fourth-order valence-corrected chi connectivity index (χ4v) is 1.70. The minimum Gasteiger partial charge on any atom is -0.499 e. The molecule has 0 fully saturated rings. The summed E-state index contributed by atoms with van der Waals surface area (Å²) in [5, 5.41) is 20.6. The van der Waals surface area contributed by atoms with Gasteiger partial charge < -0.3 is 10.2 Å². The predicted octanol–water partition coefficient (Wildman–Crippen LogP) is 1.36. The number of rotatable bonds is 0. The van der Waals surface area contributed by atoms with Crippen molar-refractivity contribution in [1.82, 2.24) is 0 Å². The number of thiol groups is 1. The third kappa shape index (κ3) is 1.19. The van der Waals surface area contributed by atoms with E-state index in [4.69, 9.17) is 0 Å². The Morgan fingerprint density at radius 1 is 1.21 bits per heavy atom. The second kappa shape index (κ2) is 3.06.